The summed E-state index contributed by atoms with van der Waals surface area (Å²) < 4.78 is 40.5. The average molecular weight is 462 g/mol. The Labute approximate surface area is 191 Å². The Morgan fingerprint density at radius 2 is 1.79 bits per heavy atom. The Kier molecular flexibility index (Phi) is 6.26. The number of hydrogen-bond acceptors (Lipinski definition) is 4. The van der Waals surface area contributed by atoms with E-state index in [1.807, 2.05) is 0 Å². The number of anilines is 1. The number of hydrogen-bond donors (Lipinski definition) is 1. The first-order valence-corrected chi connectivity index (χ1v) is 11.4. The van der Waals surface area contributed by atoms with E-state index in [1.165, 1.54) is 0 Å². The number of alkyl halides is 3. The molecule has 0 radical (unpaired) electrons. The summed E-state index contributed by atoms with van der Waals surface area (Å²) in [4.78, 5) is 17.3. The Balaban J connectivity index is 1.65. The average Bonchev–Trinajstić information content (AvgIpc) is 3.30. The molecule has 1 aliphatic rings. The number of halogens is 3. The molecular weight excluding hydrogens is 431 g/mol. The lowest BCUT2D eigenvalue weighted by Crippen LogP contribution is -2.58. The topological polar surface area (TPSA) is 57.2 Å². The molecule has 3 atom stereocenters. The second-order valence-corrected chi connectivity index (χ2v) is 8.81. The van der Waals surface area contributed by atoms with E-state index in [-0.39, 0.29) is 23.7 Å². The number of nitrogens with one attached hydrogen (secondary N) is 1. The Morgan fingerprint density at radius 3 is 2.39 bits per heavy atom. The minimum absolute atomic E-state index is 0.0255. The first kappa shape index (κ1) is 23.4. The van der Waals surface area contributed by atoms with Gasteiger partial charge >= 0.3 is 6.18 Å². The summed E-state index contributed by atoms with van der Waals surface area (Å²) in [6.45, 7) is 7.76. The minimum atomic E-state index is -4.34. The molecule has 4 rings (SSSR count). The maximum atomic E-state index is 13.0. The van der Waals surface area contributed by atoms with Gasteiger partial charge in [0, 0.05) is 50.5 Å². The van der Waals surface area contributed by atoms with E-state index in [1.54, 1.807) is 36.0 Å². The van der Waals surface area contributed by atoms with Gasteiger partial charge in [-0.05, 0) is 37.5 Å². The van der Waals surface area contributed by atoms with Crippen molar-refractivity contribution >= 4 is 16.7 Å². The SMILES string of the molecule is CC[C@H]1CN(C(C)c2ccc(C(F)(F)F)cc2)[C@H](CC)CN1c1cc(=O)n(C)c2c[nH]nc12. The highest BCUT2D eigenvalue weighted by molar-refractivity contribution is 5.88. The third kappa shape index (κ3) is 4.26. The van der Waals surface area contributed by atoms with E-state index in [4.69, 9.17) is 0 Å². The van der Waals surface area contributed by atoms with Crippen molar-refractivity contribution in [2.75, 3.05) is 18.0 Å². The lowest BCUT2D eigenvalue weighted by Gasteiger charge is -2.49. The standard InChI is InChI=1S/C24H30F3N5O/c1-5-18-14-32(20-11-22(33)30(4)21-12-28-29-23(20)21)19(6-2)13-31(18)15(3)16-7-9-17(10-8-16)24(25,26)27/h7-12,15,18-19H,5-6,13-14H2,1-4H3,(H,28,29)/t15?,18-,19+/m1/s1. The van der Waals surface area contributed by atoms with Crippen LogP contribution in [0.2, 0.25) is 0 Å². The smallest absolute Gasteiger partial charge is 0.364 e. The second kappa shape index (κ2) is 8.85. The van der Waals surface area contributed by atoms with E-state index in [9.17, 15) is 18.0 Å². The highest BCUT2D eigenvalue weighted by atomic mass is 19.4. The number of fused-ring (bicyclic) bond motifs is 1. The van der Waals surface area contributed by atoms with Crippen molar-refractivity contribution in [3.8, 4) is 0 Å². The van der Waals surface area contributed by atoms with Gasteiger partial charge in [0.15, 0.2) is 0 Å². The molecule has 1 saturated heterocycles. The third-order valence-corrected chi connectivity index (χ3v) is 7.02. The lowest BCUT2D eigenvalue weighted by atomic mass is 9.96. The number of aromatic amines is 1. The van der Waals surface area contributed by atoms with Gasteiger partial charge in [-0.2, -0.15) is 18.3 Å². The summed E-state index contributed by atoms with van der Waals surface area (Å²) in [7, 11) is 1.74. The van der Waals surface area contributed by atoms with E-state index in [0.29, 0.717) is 0 Å². The van der Waals surface area contributed by atoms with Crippen molar-refractivity contribution in [1.29, 1.82) is 0 Å². The zero-order valence-corrected chi connectivity index (χ0v) is 19.4. The molecule has 1 aliphatic heterocycles. The van der Waals surface area contributed by atoms with E-state index < -0.39 is 11.7 Å². The van der Waals surface area contributed by atoms with Gasteiger partial charge in [-0.3, -0.25) is 14.8 Å². The molecule has 0 bridgehead atoms. The highest BCUT2D eigenvalue weighted by Crippen LogP contribution is 2.35. The first-order chi connectivity index (χ1) is 15.7. The van der Waals surface area contributed by atoms with E-state index in [2.05, 4.69) is 40.8 Å². The molecule has 1 aromatic carbocycles. The van der Waals surface area contributed by atoms with Gasteiger partial charge in [0.25, 0.3) is 5.56 Å². The molecule has 0 amide bonds. The van der Waals surface area contributed by atoms with Gasteiger partial charge in [0.05, 0.1) is 16.8 Å². The van der Waals surface area contributed by atoms with Crippen LogP contribution in [0.1, 0.15) is 50.8 Å². The van der Waals surface area contributed by atoms with Crippen molar-refractivity contribution in [2.24, 2.45) is 7.05 Å². The molecule has 0 aliphatic carbocycles. The van der Waals surface area contributed by atoms with E-state index in [0.717, 1.165) is 60.3 Å². The van der Waals surface area contributed by atoms with Crippen LogP contribution in [-0.4, -0.2) is 44.8 Å². The largest absolute Gasteiger partial charge is 0.416 e. The van der Waals surface area contributed by atoms with Crippen LogP contribution in [0.5, 0.6) is 0 Å². The minimum Gasteiger partial charge on any atom is -0.364 e. The van der Waals surface area contributed by atoms with Crippen LogP contribution in [-0.2, 0) is 13.2 Å². The van der Waals surface area contributed by atoms with Gasteiger partial charge in [0.1, 0.15) is 5.52 Å². The van der Waals surface area contributed by atoms with Crippen molar-refractivity contribution in [3.05, 3.63) is 58.0 Å². The normalized spacial score (nSPS) is 21.0. The van der Waals surface area contributed by atoms with E-state index >= 15 is 0 Å². The summed E-state index contributed by atoms with van der Waals surface area (Å²) in [5.74, 6) is 0. The molecule has 3 aromatic rings. The molecule has 2 aromatic heterocycles. The molecule has 0 saturated carbocycles. The van der Waals surface area contributed by atoms with Crippen LogP contribution in [0.3, 0.4) is 0 Å². The molecule has 1 fully saturated rings. The predicted octanol–water partition coefficient (Wildman–Crippen LogP) is 4.72. The predicted molar refractivity (Wildman–Crippen MR) is 123 cm³/mol. The van der Waals surface area contributed by atoms with Crippen LogP contribution < -0.4 is 10.5 Å². The monoisotopic (exact) mass is 461 g/mol. The van der Waals surface area contributed by atoms with Gasteiger partial charge in [-0.15, -0.1) is 0 Å². The van der Waals surface area contributed by atoms with Crippen molar-refractivity contribution in [3.63, 3.8) is 0 Å². The van der Waals surface area contributed by atoms with Crippen LogP contribution in [0.4, 0.5) is 18.9 Å². The van der Waals surface area contributed by atoms with Crippen LogP contribution in [0.15, 0.2) is 41.3 Å². The number of H-pyrrole nitrogens is 1. The first-order valence-electron chi connectivity index (χ1n) is 11.4. The number of aryl methyl sites for hydroxylation is 1. The number of pyridine rings is 1. The summed E-state index contributed by atoms with van der Waals surface area (Å²) in [5, 5.41) is 7.29. The Morgan fingerprint density at radius 1 is 1.12 bits per heavy atom. The van der Waals surface area contributed by atoms with Gasteiger partial charge in [0.2, 0.25) is 0 Å². The lowest BCUT2D eigenvalue weighted by molar-refractivity contribution is -0.137. The molecule has 6 nitrogen and oxygen atoms in total. The Bertz CT molecular complexity index is 1170. The maximum absolute atomic E-state index is 13.0. The van der Waals surface area contributed by atoms with Crippen molar-refractivity contribution < 1.29 is 13.2 Å². The Hall–Kier alpha value is -2.81. The quantitative estimate of drug-likeness (QED) is 0.597. The third-order valence-electron chi connectivity index (χ3n) is 7.02. The van der Waals surface area contributed by atoms with Gasteiger partial charge in [-0.1, -0.05) is 26.0 Å². The highest BCUT2D eigenvalue weighted by Gasteiger charge is 2.37. The molecule has 3 heterocycles. The molecule has 9 heteroatoms. The molecule has 1 unspecified atom stereocenters. The second-order valence-electron chi connectivity index (χ2n) is 8.81. The molecular formula is C24H30F3N5O. The summed E-state index contributed by atoms with van der Waals surface area (Å²) >= 11 is 0. The molecule has 0 spiro atoms. The summed E-state index contributed by atoms with van der Waals surface area (Å²) in [5.41, 5.74) is 2.53. The number of aromatic nitrogens is 3. The number of nitrogens with zero attached hydrogens (tertiary/aromatic N) is 4. The van der Waals surface area contributed by atoms with Crippen LogP contribution in [0, 0.1) is 0 Å². The van der Waals surface area contributed by atoms with Crippen molar-refractivity contribution in [2.45, 2.75) is 57.9 Å². The molecule has 33 heavy (non-hydrogen) atoms. The summed E-state index contributed by atoms with van der Waals surface area (Å²) in [6, 6.07) is 7.46. The van der Waals surface area contributed by atoms with Gasteiger partial charge in [-0.25, -0.2) is 0 Å². The molecule has 178 valence electrons. The fourth-order valence-electron chi connectivity index (χ4n) is 4.94. The maximum Gasteiger partial charge on any atom is 0.416 e. The summed E-state index contributed by atoms with van der Waals surface area (Å²) in [6.07, 6.45) is -0.849. The van der Waals surface area contributed by atoms with Gasteiger partial charge < -0.3 is 9.47 Å². The van der Waals surface area contributed by atoms with Crippen LogP contribution in [0.25, 0.3) is 11.0 Å². The zero-order valence-electron chi connectivity index (χ0n) is 19.4. The number of rotatable bonds is 5. The number of piperazine rings is 1. The fraction of sp³-hybridized carbons (Fsp3) is 0.500. The van der Waals surface area contributed by atoms with Crippen molar-refractivity contribution in [1.82, 2.24) is 19.7 Å². The molecule has 1 N–H and O–H groups in total. The van der Waals surface area contributed by atoms with Crippen LogP contribution >= 0.6 is 0 Å². The fourth-order valence-corrected chi connectivity index (χ4v) is 4.94. The number of benzene rings is 1. The zero-order chi connectivity index (χ0) is 23.9.